The molecule has 1 aromatic carbocycles. The van der Waals surface area contributed by atoms with Crippen LogP contribution in [0.15, 0.2) is 24.3 Å². The number of para-hydroxylation sites is 1. The van der Waals surface area contributed by atoms with E-state index < -0.39 is 11.6 Å². The predicted octanol–water partition coefficient (Wildman–Crippen LogP) is 3.16. The third-order valence-corrected chi connectivity index (χ3v) is 3.44. The van der Waals surface area contributed by atoms with Crippen LogP contribution in [0.5, 0.6) is 5.75 Å². The summed E-state index contributed by atoms with van der Waals surface area (Å²) in [5, 5.41) is 9.20. The van der Waals surface area contributed by atoms with E-state index in [-0.39, 0.29) is 17.8 Å². The lowest BCUT2D eigenvalue weighted by molar-refractivity contribution is 0.00749. The number of carboxylic acid groups (broad SMARTS) is 1. The molecule has 0 aromatic heterocycles. The molecule has 0 saturated carbocycles. The SMILES string of the molecule is CC(C)(C)OC(=O)N1CCC[C@H](Oc2ccccc2C(=O)O)C1. The first-order valence-electron chi connectivity index (χ1n) is 7.73. The van der Waals surface area contributed by atoms with E-state index in [1.165, 1.54) is 6.07 Å². The van der Waals surface area contributed by atoms with Crippen LogP contribution in [0, 0.1) is 0 Å². The zero-order valence-electron chi connectivity index (χ0n) is 13.7. The summed E-state index contributed by atoms with van der Waals surface area (Å²) >= 11 is 0. The Morgan fingerprint density at radius 3 is 2.61 bits per heavy atom. The summed E-state index contributed by atoms with van der Waals surface area (Å²) < 4.78 is 11.2. The zero-order chi connectivity index (χ0) is 17.0. The molecule has 1 aromatic rings. The average molecular weight is 321 g/mol. The zero-order valence-corrected chi connectivity index (χ0v) is 13.7. The number of hydrogen-bond donors (Lipinski definition) is 1. The Morgan fingerprint density at radius 2 is 1.96 bits per heavy atom. The number of rotatable bonds is 3. The van der Waals surface area contributed by atoms with E-state index in [1.54, 1.807) is 23.1 Å². The minimum atomic E-state index is -1.03. The van der Waals surface area contributed by atoms with Gasteiger partial charge in [0.1, 0.15) is 23.0 Å². The Labute approximate surface area is 136 Å². The van der Waals surface area contributed by atoms with Crippen LogP contribution in [0.1, 0.15) is 44.0 Å². The molecule has 1 fully saturated rings. The molecule has 1 N–H and O–H groups in total. The number of aromatic carboxylic acids is 1. The highest BCUT2D eigenvalue weighted by atomic mass is 16.6. The van der Waals surface area contributed by atoms with Crippen LogP contribution in [-0.4, -0.2) is 46.9 Å². The number of ether oxygens (including phenoxy) is 2. The van der Waals surface area contributed by atoms with E-state index in [0.717, 1.165) is 12.8 Å². The van der Waals surface area contributed by atoms with Crippen LogP contribution in [-0.2, 0) is 4.74 Å². The summed E-state index contributed by atoms with van der Waals surface area (Å²) in [6.45, 7) is 6.49. The highest BCUT2D eigenvalue weighted by Gasteiger charge is 2.29. The quantitative estimate of drug-likeness (QED) is 0.925. The Kier molecular flexibility index (Phi) is 5.13. The van der Waals surface area contributed by atoms with Crippen molar-refractivity contribution in [2.24, 2.45) is 0 Å². The topological polar surface area (TPSA) is 76.1 Å². The van der Waals surface area contributed by atoms with Crippen molar-refractivity contribution in [1.29, 1.82) is 0 Å². The molecule has 1 amide bonds. The second kappa shape index (κ2) is 6.89. The Balaban J connectivity index is 2.02. The normalized spacial score (nSPS) is 18.4. The van der Waals surface area contributed by atoms with Crippen molar-refractivity contribution in [3.8, 4) is 5.75 Å². The largest absolute Gasteiger partial charge is 0.488 e. The number of carboxylic acids is 1. The molecule has 1 saturated heterocycles. The van der Waals surface area contributed by atoms with Crippen LogP contribution < -0.4 is 4.74 Å². The van der Waals surface area contributed by atoms with Crippen LogP contribution in [0.2, 0.25) is 0 Å². The molecule has 0 radical (unpaired) electrons. The highest BCUT2D eigenvalue weighted by molar-refractivity contribution is 5.90. The summed E-state index contributed by atoms with van der Waals surface area (Å²) in [6, 6.07) is 6.53. The molecule has 1 heterocycles. The summed E-state index contributed by atoms with van der Waals surface area (Å²) in [5.74, 6) is -0.698. The van der Waals surface area contributed by atoms with Crippen molar-refractivity contribution in [2.75, 3.05) is 13.1 Å². The summed E-state index contributed by atoms with van der Waals surface area (Å²) in [6.07, 6.45) is 0.959. The van der Waals surface area contributed by atoms with Gasteiger partial charge in [-0.15, -0.1) is 0 Å². The molecule has 0 unspecified atom stereocenters. The number of benzene rings is 1. The predicted molar refractivity (Wildman–Crippen MR) is 84.9 cm³/mol. The van der Waals surface area contributed by atoms with E-state index in [2.05, 4.69) is 0 Å². The van der Waals surface area contributed by atoms with Crippen molar-refractivity contribution in [3.05, 3.63) is 29.8 Å². The van der Waals surface area contributed by atoms with Gasteiger partial charge in [-0.05, 0) is 45.7 Å². The van der Waals surface area contributed by atoms with E-state index in [9.17, 15) is 14.7 Å². The van der Waals surface area contributed by atoms with Crippen molar-refractivity contribution in [2.45, 2.75) is 45.3 Å². The van der Waals surface area contributed by atoms with Crippen molar-refractivity contribution >= 4 is 12.1 Å². The number of piperidine rings is 1. The first kappa shape index (κ1) is 17.1. The molecule has 1 atom stereocenters. The van der Waals surface area contributed by atoms with Crippen molar-refractivity contribution < 1.29 is 24.2 Å². The Morgan fingerprint density at radius 1 is 1.26 bits per heavy atom. The molecule has 0 bridgehead atoms. The van der Waals surface area contributed by atoms with Crippen LogP contribution >= 0.6 is 0 Å². The number of hydrogen-bond acceptors (Lipinski definition) is 4. The molecule has 0 aliphatic carbocycles. The fraction of sp³-hybridized carbons (Fsp3) is 0.529. The van der Waals surface area contributed by atoms with Crippen LogP contribution in [0.25, 0.3) is 0 Å². The molecule has 23 heavy (non-hydrogen) atoms. The van der Waals surface area contributed by atoms with Gasteiger partial charge < -0.3 is 19.5 Å². The molecule has 6 heteroatoms. The van der Waals surface area contributed by atoms with Gasteiger partial charge in [-0.1, -0.05) is 12.1 Å². The third kappa shape index (κ3) is 4.87. The lowest BCUT2D eigenvalue weighted by Crippen LogP contribution is -2.46. The Hall–Kier alpha value is -2.24. The molecule has 0 spiro atoms. The molecule has 1 aliphatic heterocycles. The van der Waals surface area contributed by atoms with E-state index in [1.807, 2.05) is 20.8 Å². The minimum absolute atomic E-state index is 0.127. The van der Waals surface area contributed by atoms with Crippen molar-refractivity contribution in [1.82, 2.24) is 4.90 Å². The molecular formula is C17H23NO5. The summed E-state index contributed by atoms with van der Waals surface area (Å²) in [5.41, 5.74) is -0.414. The van der Waals surface area contributed by atoms with E-state index >= 15 is 0 Å². The maximum atomic E-state index is 12.1. The van der Waals surface area contributed by atoms with Gasteiger partial charge in [0.25, 0.3) is 0 Å². The number of nitrogens with zero attached hydrogens (tertiary/aromatic N) is 1. The first-order valence-corrected chi connectivity index (χ1v) is 7.73. The standard InChI is InChI=1S/C17H23NO5/c1-17(2,3)23-16(21)18-10-6-7-12(11-18)22-14-9-5-4-8-13(14)15(19)20/h4-5,8-9,12H,6-7,10-11H2,1-3H3,(H,19,20)/t12-/m0/s1. The van der Waals surface area contributed by atoms with Gasteiger partial charge in [0.15, 0.2) is 0 Å². The molecule has 6 nitrogen and oxygen atoms in total. The lowest BCUT2D eigenvalue weighted by atomic mass is 10.1. The maximum Gasteiger partial charge on any atom is 0.410 e. The highest BCUT2D eigenvalue weighted by Crippen LogP contribution is 2.23. The van der Waals surface area contributed by atoms with Gasteiger partial charge in [-0.2, -0.15) is 0 Å². The smallest absolute Gasteiger partial charge is 0.410 e. The van der Waals surface area contributed by atoms with Crippen LogP contribution in [0.3, 0.4) is 0 Å². The first-order chi connectivity index (χ1) is 10.8. The number of carbonyl (C=O) groups is 2. The minimum Gasteiger partial charge on any atom is -0.488 e. The molecule has 2 rings (SSSR count). The summed E-state index contributed by atoms with van der Waals surface area (Å²) in [4.78, 5) is 25.0. The molecule has 1 aliphatic rings. The van der Waals surface area contributed by atoms with Crippen LogP contribution in [0.4, 0.5) is 4.79 Å². The Bertz CT molecular complexity index is 579. The van der Waals surface area contributed by atoms with Crippen molar-refractivity contribution in [3.63, 3.8) is 0 Å². The average Bonchev–Trinajstić information content (AvgIpc) is 2.46. The van der Waals surface area contributed by atoms with Gasteiger partial charge in [-0.25, -0.2) is 9.59 Å². The van der Waals surface area contributed by atoms with Gasteiger partial charge in [0, 0.05) is 6.54 Å². The molecule has 126 valence electrons. The van der Waals surface area contributed by atoms with Gasteiger partial charge in [0.05, 0.1) is 6.54 Å². The monoisotopic (exact) mass is 321 g/mol. The number of carbonyl (C=O) groups excluding carboxylic acids is 1. The second-order valence-corrected chi connectivity index (χ2v) is 6.61. The summed E-state index contributed by atoms with van der Waals surface area (Å²) in [7, 11) is 0. The third-order valence-electron chi connectivity index (χ3n) is 3.44. The van der Waals surface area contributed by atoms with Gasteiger partial charge >= 0.3 is 12.1 Å². The lowest BCUT2D eigenvalue weighted by Gasteiger charge is -2.34. The van der Waals surface area contributed by atoms with E-state index in [0.29, 0.717) is 18.8 Å². The number of amides is 1. The second-order valence-electron chi connectivity index (χ2n) is 6.61. The fourth-order valence-electron chi connectivity index (χ4n) is 2.45. The van der Waals surface area contributed by atoms with Gasteiger partial charge in [-0.3, -0.25) is 0 Å². The molecular weight excluding hydrogens is 298 g/mol. The van der Waals surface area contributed by atoms with Gasteiger partial charge in [0.2, 0.25) is 0 Å². The number of likely N-dealkylation sites (tertiary alicyclic amines) is 1. The fourth-order valence-corrected chi connectivity index (χ4v) is 2.45. The maximum absolute atomic E-state index is 12.1. The van der Waals surface area contributed by atoms with E-state index in [4.69, 9.17) is 9.47 Å².